The molecule has 1 aliphatic rings. The van der Waals surface area contributed by atoms with Crippen molar-refractivity contribution in [2.45, 2.75) is 31.7 Å². The summed E-state index contributed by atoms with van der Waals surface area (Å²) in [5, 5.41) is 9.43. The Hall–Kier alpha value is -2.68. The van der Waals surface area contributed by atoms with Crippen molar-refractivity contribution in [1.29, 1.82) is 0 Å². The Morgan fingerprint density at radius 1 is 1.18 bits per heavy atom. The largest absolute Gasteiger partial charge is 0.489 e. The maximum Gasteiger partial charge on any atom is 0.338 e. The number of methoxy groups -OCH3 is 1. The van der Waals surface area contributed by atoms with E-state index in [1.807, 2.05) is 44.2 Å². The zero-order valence-electron chi connectivity index (χ0n) is 18.3. The van der Waals surface area contributed by atoms with Crippen LogP contribution in [0.25, 0.3) is 0 Å². The van der Waals surface area contributed by atoms with Crippen molar-refractivity contribution in [3.63, 3.8) is 0 Å². The predicted molar refractivity (Wildman–Crippen MR) is 130 cm³/mol. The molecule has 33 heavy (non-hydrogen) atoms. The van der Waals surface area contributed by atoms with Gasteiger partial charge in [-0.05, 0) is 48.1 Å². The fourth-order valence-corrected chi connectivity index (χ4v) is 4.42. The Morgan fingerprint density at radius 2 is 1.94 bits per heavy atom. The lowest BCUT2D eigenvalue weighted by molar-refractivity contribution is -0.136. The van der Waals surface area contributed by atoms with Crippen LogP contribution in [-0.2, 0) is 16.1 Å². The first-order valence-electron chi connectivity index (χ1n) is 10.2. The molecule has 7 nitrogen and oxygen atoms in total. The Kier molecular flexibility index (Phi) is 7.17. The minimum Gasteiger partial charge on any atom is -0.489 e. The molecule has 1 aliphatic heterocycles. The van der Waals surface area contributed by atoms with Crippen molar-refractivity contribution in [1.82, 2.24) is 14.8 Å². The molecule has 172 valence electrons. The van der Waals surface area contributed by atoms with Crippen molar-refractivity contribution >= 4 is 46.9 Å². The highest BCUT2D eigenvalue weighted by Crippen LogP contribution is 2.37. The van der Waals surface area contributed by atoms with Gasteiger partial charge in [-0.1, -0.05) is 60.1 Å². The van der Waals surface area contributed by atoms with Crippen molar-refractivity contribution in [2.24, 2.45) is 0 Å². The lowest BCUT2D eigenvalue weighted by Gasteiger charge is -2.27. The number of hydrogen-bond donors (Lipinski definition) is 1. The number of rotatable bonds is 7. The molecule has 2 aromatic carbocycles. The number of carbonyl (C=O) groups is 1. The van der Waals surface area contributed by atoms with Gasteiger partial charge in [0, 0.05) is 5.70 Å². The molecular weight excluding hydrogens is 483 g/mol. The summed E-state index contributed by atoms with van der Waals surface area (Å²) >= 11 is 13.6. The van der Waals surface area contributed by atoms with E-state index >= 15 is 0 Å². The third kappa shape index (κ3) is 4.98. The number of anilines is 1. The molecule has 0 saturated heterocycles. The van der Waals surface area contributed by atoms with Gasteiger partial charge in [-0.3, -0.25) is 0 Å². The highest BCUT2D eigenvalue weighted by atomic mass is 35.5. The normalized spacial score (nSPS) is 15.1. The van der Waals surface area contributed by atoms with E-state index in [0.29, 0.717) is 44.8 Å². The van der Waals surface area contributed by atoms with Crippen LogP contribution in [0.1, 0.15) is 31.0 Å². The lowest BCUT2D eigenvalue weighted by Crippen LogP contribution is -2.29. The van der Waals surface area contributed by atoms with Crippen molar-refractivity contribution in [2.75, 3.05) is 18.2 Å². The summed E-state index contributed by atoms with van der Waals surface area (Å²) in [4.78, 5) is 17.2. The Morgan fingerprint density at radius 3 is 2.61 bits per heavy atom. The van der Waals surface area contributed by atoms with Gasteiger partial charge in [-0.15, -0.1) is 5.10 Å². The molecule has 2 heterocycles. The van der Waals surface area contributed by atoms with Gasteiger partial charge in [-0.25, -0.2) is 9.48 Å². The van der Waals surface area contributed by atoms with E-state index in [1.54, 1.807) is 16.8 Å². The molecule has 0 saturated carbocycles. The molecular formula is C23H22Cl2N4O3S. The van der Waals surface area contributed by atoms with Crippen LogP contribution in [0.3, 0.4) is 0 Å². The molecule has 0 radical (unpaired) electrons. The Balaban J connectivity index is 1.61. The SMILES string of the molecule is CCSc1nc2n(n1)C(c1ccc(OCc3ccc(Cl)c(Cl)c3)cc1)C(C(=O)OC)=C(C)N2. The van der Waals surface area contributed by atoms with Crippen LogP contribution in [0, 0.1) is 0 Å². The fraction of sp³-hybridized carbons (Fsp3) is 0.261. The minimum absolute atomic E-state index is 0.348. The van der Waals surface area contributed by atoms with E-state index in [9.17, 15) is 4.79 Å². The highest BCUT2D eigenvalue weighted by molar-refractivity contribution is 7.99. The fourth-order valence-electron chi connectivity index (χ4n) is 3.55. The summed E-state index contributed by atoms with van der Waals surface area (Å²) < 4.78 is 12.7. The number of esters is 1. The average Bonchev–Trinajstić information content (AvgIpc) is 3.21. The van der Waals surface area contributed by atoms with Crippen LogP contribution in [0.5, 0.6) is 5.75 Å². The maximum atomic E-state index is 12.6. The van der Waals surface area contributed by atoms with Gasteiger partial charge in [-0.2, -0.15) is 4.98 Å². The van der Waals surface area contributed by atoms with Crippen LogP contribution >= 0.6 is 35.0 Å². The number of thioether (sulfide) groups is 1. The average molecular weight is 505 g/mol. The molecule has 1 N–H and O–H groups in total. The number of ether oxygens (including phenoxy) is 2. The van der Waals surface area contributed by atoms with Crippen molar-refractivity contribution < 1.29 is 14.3 Å². The molecule has 0 amide bonds. The van der Waals surface area contributed by atoms with Gasteiger partial charge >= 0.3 is 5.97 Å². The van der Waals surface area contributed by atoms with E-state index in [1.165, 1.54) is 18.9 Å². The standard InChI is InChI=1S/C23H22Cl2N4O3S/c1-4-33-23-27-22-26-13(2)19(21(30)31-3)20(29(22)28-23)15-6-8-16(9-7-15)32-12-14-5-10-17(24)18(25)11-14/h5-11,20H,4,12H2,1-3H3,(H,26,27,28). The summed E-state index contributed by atoms with van der Waals surface area (Å²) in [6, 6.07) is 12.5. The third-order valence-corrected chi connectivity index (χ3v) is 6.56. The van der Waals surface area contributed by atoms with E-state index in [-0.39, 0.29) is 0 Å². The number of nitrogens with zero attached hydrogens (tertiary/aromatic N) is 3. The van der Waals surface area contributed by atoms with Crippen LogP contribution in [-0.4, -0.2) is 33.6 Å². The third-order valence-electron chi connectivity index (χ3n) is 5.10. The first-order chi connectivity index (χ1) is 15.9. The van der Waals surface area contributed by atoms with E-state index in [4.69, 9.17) is 32.7 Å². The maximum absolute atomic E-state index is 12.6. The Bertz CT molecular complexity index is 1210. The number of halogens is 2. The van der Waals surface area contributed by atoms with Gasteiger partial charge < -0.3 is 14.8 Å². The number of nitrogens with one attached hydrogen (secondary N) is 1. The molecule has 1 atom stereocenters. The number of hydrogen-bond acceptors (Lipinski definition) is 7. The Labute approximate surface area is 206 Å². The van der Waals surface area contributed by atoms with Gasteiger partial charge in [0.25, 0.3) is 0 Å². The van der Waals surface area contributed by atoms with Crippen molar-refractivity contribution in [3.05, 3.63) is 74.9 Å². The molecule has 0 spiro atoms. The molecule has 3 aromatic rings. The van der Waals surface area contributed by atoms with E-state index in [0.717, 1.165) is 16.9 Å². The first-order valence-corrected chi connectivity index (χ1v) is 12.0. The van der Waals surface area contributed by atoms with E-state index in [2.05, 4.69) is 15.4 Å². The number of benzene rings is 2. The molecule has 1 unspecified atom stereocenters. The van der Waals surface area contributed by atoms with Gasteiger partial charge in [0.05, 0.1) is 22.7 Å². The molecule has 0 fully saturated rings. The van der Waals surface area contributed by atoms with Crippen LogP contribution in [0.15, 0.2) is 58.9 Å². The monoisotopic (exact) mass is 504 g/mol. The molecule has 4 rings (SSSR count). The van der Waals surface area contributed by atoms with Crippen LogP contribution < -0.4 is 10.1 Å². The van der Waals surface area contributed by atoms with Crippen LogP contribution in [0.2, 0.25) is 10.0 Å². The molecule has 1 aromatic heterocycles. The zero-order valence-corrected chi connectivity index (χ0v) is 20.6. The first kappa shape index (κ1) is 23.5. The molecule has 0 bridgehead atoms. The van der Waals surface area contributed by atoms with E-state index < -0.39 is 12.0 Å². The molecule has 0 aliphatic carbocycles. The summed E-state index contributed by atoms with van der Waals surface area (Å²) in [6.07, 6.45) is 0. The predicted octanol–water partition coefficient (Wildman–Crippen LogP) is 5.74. The summed E-state index contributed by atoms with van der Waals surface area (Å²) in [7, 11) is 1.37. The second kappa shape index (κ2) is 10.1. The lowest BCUT2D eigenvalue weighted by atomic mass is 9.96. The highest BCUT2D eigenvalue weighted by Gasteiger charge is 2.34. The summed E-state index contributed by atoms with van der Waals surface area (Å²) in [5.74, 6) is 1.69. The smallest absolute Gasteiger partial charge is 0.338 e. The number of carbonyl (C=O) groups excluding carboxylic acids is 1. The van der Waals surface area contributed by atoms with Crippen molar-refractivity contribution in [3.8, 4) is 5.75 Å². The summed E-state index contributed by atoms with van der Waals surface area (Å²) in [6.45, 7) is 4.22. The number of fused-ring (bicyclic) bond motifs is 1. The minimum atomic E-state index is -0.475. The second-order valence-electron chi connectivity index (χ2n) is 7.26. The van der Waals surface area contributed by atoms with Gasteiger partial charge in [0.1, 0.15) is 18.4 Å². The quantitative estimate of drug-likeness (QED) is 0.324. The topological polar surface area (TPSA) is 78.3 Å². The van der Waals surface area contributed by atoms with Crippen LogP contribution in [0.4, 0.5) is 5.95 Å². The van der Waals surface area contributed by atoms with Gasteiger partial charge in [0.15, 0.2) is 0 Å². The summed E-state index contributed by atoms with van der Waals surface area (Å²) in [5.41, 5.74) is 2.93. The zero-order chi connectivity index (χ0) is 23.5. The number of allylic oxidation sites excluding steroid dienone is 1. The van der Waals surface area contributed by atoms with Gasteiger partial charge in [0.2, 0.25) is 11.1 Å². The second-order valence-corrected chi connectivity index (χ2v) is 9.31. The molecule has 10 heteroatoms. The number of aromatic nitrogens is 3.